The van der Waals surface area contributed by atoms with E-state index in [1.165, 1.54) is 0 Å². The molecule has 1 aromatic carbocycles. The summed E-state index contributed by atoms with van der Waals surface area (Å²) >= 11 is 0. The summed E-state index contributed by atoms with van der Waals surface area (Å²) in [5.74, 6) is 0.134. The normalized spacial score (nSPS) is 10.9. The van der Waals surface area contributed by atoms with E-state index in [4.69, 9.17) is 5.73 Å². The highest BCUT2D eigenvalue weighted by Crippen LogP contribution is 2.12. The standard InChI is InChI=1S/C12H11N5O/c13-12-15-10-2-1-8(5-9(10)11(18)16-12)6-17-4-3-14-7-17/h1-5,7H,6H2,(H3,13,15,16,18). The molecule has 0 aliphatic heterocycles. The van der Waals surface area contributed by atoms with Crippen molar-refractivity contribution in [3.05, 3.63) is 52.8 Å². The van der Waals surface area contributed by atoms with Gasteiger partial charge in [-0.15, -0.1) is 0 Å². The lowest BCUT2D eigenvalue weighted by atomic mass is 10.1. The molecule has 0 aliphatic carbocycles. The van der Waals surface area contributed by atoms with Gasteiger partial charge in [-0.1, -0.05) is 6.07 Å². The average Bonchev–Trinajstić information content (AvgIpc) is 2.83. The van der Waals surface area contributed by atoms with Crippen LogP contribution < -0.4 is 11.3 Å². The zero-order chi connectivity index (χ0) is 12.5. The molecule has 6 heteroatoms. The predicted molar refractivity (Wildman–Crippen MR) is 68.1 cm³/mol. The molecule has 0 unspecified atom stereocenters. The number of imidazole rings is 1. The second kappa shape index (κ2) is 3.99. The zero-order valence-corrected chi connectivity index (χ0v) is 9.50. The Balaban J connectivity index is 2.08. The van der Waals surface area contributed by atoms with Gasteiger partial charge in [-0.05, 0) is 17.7 Å². The number of aromatic amines is 1. The molecule has 2 aromatic heterocycles. The SMILES string of the molecule is Nc1nc2ccc(Cn3ccnc3)cc2c(=O)[nH]1. The molecule has 0 radical (unpaired) electrons. The van der Waals surface area contributed by atoms with E-state index in [0.717, 1.165) is 5.56 Å². The minimum absolute atomic E-state index is 0.134. The molecule has 0 aliphatic rings. The van der Waals surface area contributed by atoms with Crippen molar-refractivity contribution in [3.8, 4) is 0 Å². The van der Waals surface area contributed by atoms with Crippen molar-refractivity contribution in [2.45, 2.75) is 6.54 Å². The van der Waals surface area contributed by atoms with Gasteiger partial charge < -0.3 is 10.3 Å². The summed E-state index contributed by atoms with van der Waals surface area (Å²) in [7, 11) is 0. The summed E-state index contributed by atoms with van der Waals surface area (Å²) in [6, 6.07) is 5.54. The number of hydrogen-bond acceptors (Lipinski definition) is 4. The van der Waals surface area contributed by atoms with Gasteiger partial charge in [0, 0.05) is 18.9 Å². The topological polar surface area (TPSA) is 89.6 Å². The zero-order valence-electron chi connectivity index (χ0n) is 9.50. The van der Waals surface area contributed by atoms with Crippen molar-refractivity contribution in [3.63, 3.8) is 0 Å². The maximum absolute atomic E-state index is 11.8. The van der Waals surface area contributed by atoms with E-state index in [1.807, 2.05) is 22.9 Å². The van der Waals surface area contributed by atoms with Crippen LogP contribution in [-0.4, -0.2) is 19.5 Å². The number of H-pyrrole nitrogens is 1. The average molecular weight is 241 g/mol. The van der Waals surface area contributed by atoms with Crippen LogP contribution in [0.4, 0.5) is 5.95 Å². The number of hydrogen-bond donors (Lipinski definition) is 2. The number of rotatable bonds is 2. The number of benzene rings is 1. The van der Waals surface area contributed by atoms with Crippen LogP contribution in [0, 0.1) is 0 Å². The minimum Gasteiger partial charge on any atom is -0.369 e. The van der Waals surface area contributed by atoms with E-state index < -0.39 is 0 Å². The Hall–Kier alpha value is -2.63. The molecule has 0 fully saturated rings. The molecular weight excluding hydrogens is 230 g/mol. The van der Waals surface area contributed by atoms with Crippen LogP contribution in [-0.2, 0) is 6.54 Å². The molecule has 90 valence electrons. The van der Waals surface area contributed by atoms with Crippen molar-refractivity contribution >= 4 is 16.9 Å². The third kappa shape index (κ3) is 1.84. The second-order valence-electron chi connectivity index (χ2n) is 4.04. The molecule has 0 saturated heterocycles. The number of anilines is 1. The molecule has 6 nitrogen and oxygen atoms in total. The first-order chi connectivity index (χ1) is 8.72. The molecule has 3 aromatic rings. The Morgan fingerprint density at radius 1 is 1.39 bits per heavy atom. The number of nitrogens with one attached hydrogen (secondary N) is 1. The quantitative estimate of drug-likeness (QED) is 0.692. The van der Waals surface area contributed by atoms with E-state index >= 15 is 0 Å². The van der Waals surface area contributed by atoms with Gasteiger partial charge in [0.2, 0.25) is 5.95 Å². The molecule has 0 bridgehead atoms. The molecule has 2 heterocycles. The fraction of sp³-hybridized carbons (Fsp3) is 0.0833. The third-order valence-electron chi connectivity index (χ3n) is 2.71. The molecule has 3 rings (SSSR count). The van der Waals surface area contributed by atoms with Crippen LogP contribution in [0.1, 0.15) is 5.56 Å². The van der Waals surface area contributed by atoms with Gasteiger partial charge in [-0.25, -0.2) is 9.97 Å². The number of nitrogens with zero attached hydrogens (tertiary/aromatic N) is 3. The Kier molecular flexibility index (Phi) is 2.33. The first-order valence-corrected chi connectivity index (χ1v) is 5.46. The number of fused-ring (bicyclic) bond motifs is 1. The molecule has 3 N–H and O–H groups in total. The van der Waals surface area contributed by atoms with Gasteiger partial charge in [0.1, 0.15) is 0 Å². The highest BCUT2D eigenvalue weighted by atomic mass is 16.1. The molecule has 0 amide bonds. The minimum atomic E-state index is -0.218. The predicted octanol–water partition coefficient (Wildman–Crippen LogP) is 0.750. The van der Waals surface area contributed by atoms with Crippen molar-refractivity contribution < 1.29 is 0 Å². The van der Waals surface area contributed by atoms with Crippen LogP contribution in [0.3, 0.4) is 0 Å². The van der Waals surface area contributed by atoms with Gasteiger partial charge in [0.15, 0.2) is 0 Å². The van der Waals surface area contributed by atoms with E-state index in [1.54, 1.807) is 18.6 Å². The maximum atomic E-state index is 11.8. The number of nitrogen functional groups attached to an aromatic ring is 1. The van der Waals surface area contributed by atoms with E-state index in [9.17, 15) is 4.79 Å². The first-order valence-electron chi connectivity index (χ1n) is 5.46. The van der Waals surface area contributed by atoms with Gasteiger partial charge in [-0.2, -0.15) is 0 Å². The summed E-state index contributed by atoms with van der Waals surface area (Å²) in [6.45, 7) is 0.666. The summed E-state index contributed by atoms with van der Waals surface area (Å²) in [5.41, 5.74) is 6.89. The highest BCUT2D eigenvalue weighted by molar-refractivity contribution is 5.79. The number of aromatic nitrogens is 4. The molecule has 0 saturated carbocycles. The van der Waals surface area contributed by atoms with Gasteiger partial charge in [-0.3, -0.25) is 9.78 Å². The molecule has 0 spiro atoms. The van der Waals surface area contributed by atoms with Gasteiger partial charge in [0.25, 0.3) is 5.56 Å². The second-order valence-corrected chi connectivity index (χ2v) is 4.04. The van der Waals surface area contributed by atoms with Crippen molar-refractivity contribution in [1.82, 2.24) is 19.5 Å². The fourth-order valence-electron chi connectivity index (χ4n) is 1.89. The van der Waals surface area contributed by atoms with Crippen LogP contribution >= 0.6 is 0 Å². The molecular formula is C12H11N5O. The smallest absolute Gasteiger partial charge is 0.260 e. The fourth-order valence-corrected chi connectivity index (χ4v) is 1.89. The summed E-state index contributed by atoms with van der Waals surface area (Å²) in [5, 5.41) is 0.543. The summed E-state index contributed by atoms with van der Waals surface area (Å²) < 4.78 is 1.93. The molecule has 18 heavy (non-hydrogen) atoms. The van der Waals surface area contributed by atoms with Crippen LogP contribution in [0.5, 0.6) is 0 Å². The van der Waals surface area contributed by atoms with E-state index in [2.05, 4.69) is 15.0 Å². The van der Waals surface area contributed by atoms with Crippen LogP contribution in [0.25, 0.3) is 10.9 Å². The van der Waals surface area contributed by atoms with Crippen LogP contribution in [0.2, 0.25) is 0 Å². The van der Waals surface area contributed by atoms with Crippen molar-refractivity contribution in [2.75, 3.05) is 5.73 Å². The van der Waals surface area contributed by atoms with Crippen LogP contribution in [0.15, 0.2) is 41.7 Å². The van der Waals surface area contributed by atoms with Crippen molar-refractivity contribution in [1.29, 1.82) is 0 Å². The van der Waals surface area contributed by atoms with Gasteiger partial charge in [0.05, 0.1) is 17.2 Å². The highest BCUT2D eigenvalue weighted by Gasteiger charge is 2.03. The summed E-state index contributed by atoms with van der Waals surface area (Å²) in [6.07, 6.45) is 5.32. The van der Waals surface area contributed by atoms with Crippen molar-refractivity contribution in [2.24, 2.45) is 0 Å². The third-order valence-corrected chi connectivity index (χ3v) is 2.71. The Bertz CT molecular complexity index is 745. The summed E-state index contributed by atoms with van der Waals surface area (Å²) in [4.78, 5) is 22.3. The lowest BCUT2D eigenvalue weighted by Gasteiger charge is -2.04. The van der Waals surface area contributed by atoms with E-state index in [-0.39, 0.29) is 11.5 Å². The first kappa shape index (κ1) is 10.5. The lowest BCUT2D eigenvalue weighted by Crippen LogP contribution is -2.11. The Morgan fingerprint density at radius 2 is 2.28 bits per heavy atom. The maximum Gasteiger partial charge on any atom is 0.260 e. The molecule has 0 atom stereocenters. The lowest BCUT2D eigenvalue weighted by molar-refractivity contribution is 0.798. The largest absolute Gasteiger partial charge is 0.369 e. The monoisotopic (exact) mass is 241 g/mol. The Labute approximate surface area is 102 Å². The Morgan fingerprint density at radius 3 is 3.06 bits per heavy atom. The number of nitrogens with two attached hydrogens (primary N) is 1. The van der Waals surface area contributed by atoms with Gasteiger partial charge >= 0.3 is 0 Å². The van der Waals surface area contributed by atoms with E-state index in [0.29, 0.717) is 17.4 Å².